The minimum Gasteiger partial charge on any atom is -0.398 e. The Labute approximate surface area is 110 Å². The van der Waals surface area contributed by atoms with Crippen molar-refractivity contribution in [2.24, 2.45) is 0 Å². The van der Waals surface area contributed by atoms with E-state index < -0.39 is 0 Å². The first-order valence-electron chi connectivity index (χ1n) is 2.82. The summed E-state index contributed by atoms with van der Waals surface area (Å²) in [5.74, 6) is 0. The van der Waals surface area contributed by atoms with Gasteiger partial charge in [-0.1, -0.05) is 15.9 Å². The lowest BCUT2D eigenvalue weighted by atomic mass is 10.2. The maximum absolute atomic E-state index is 5.68. The van der Waals surface area contributed by atoms with Gasteiger partial charge in [-0.25, -0.2) is 0 Å². The quantitative estimate of drug-likeness (QED) is 0.616. The fraction of sp³-hybridized carbons (Fsp3) is 0.143. The number of halogens is 4. The predicted molar refractivity (Wildman–Crippen MR) is 71.6 cm³/mol. The van der Waals surface area contributed by atoms with Crippen LogP contribution in [0.2, 0.25) is 0 Å². The van der Waals surface area contributed by atoms with Gasteiger partial charge in [-0.3, -0.25) is 0 Å². The molecule has 0 spiro atoms. The van der Waals surface area contributed by atoms with Gasteiger partial charge < -0.3 is 5.73 Å². The summed E-state index contributed by atoms with van der Waals surface area (Å²) >= 11 is 6.70. The van der Waals surface area contributed by atoms with Gasteiger partial charge in [-0.05, 0) is 40.5 Å². The maximum Gasteiger partial charge on any atom is 0.0488 e. The van der Waals surface area contributed by atoms with Gasteiger partial charge in [-0.2, -0.15) is 0 Å². The van der Waals surface area contributed by atoms with Crippen molar-refractivity contribution >= 4 is 71.5 Å². The van der Waals surface area contributed by atoms with E-state index in [-0.39, 0.29) is 34.0 Å². The Hall–Kier alpha value is 0.940. The Kier molecular flexibility index (Phi) is 8.22. The van der Waals surface area contributed by atoms with E-state index in [0.717, 1.165) is 20.2 Å². The summed E-state index contributed by atoms with van der Waals surface area (Å²) in [4.78, 5) is 0. The molecule has 0 heterocycles. The minimum absolute atomic E-state index is 0. The van der Waals surface area contributed by atoms with Crippen LogP contribution in [0, 0.1) is 6.92 Å². The molecule has 1 rings (SSSR count). The number of aryl methyl sites for hydroxylation is 1. The number of nitrogen functional groups attached to an aromatic ring is 1. The molecule has 0 fully saturated rings. The molecule has 12 heavy (non-hydrogen) atoms. The van der Waals surface area contributed by atoms with E-state index in [1.165, 1.54) is 0 Å². The lowest BCUT2D eigenvalue weighted by Gasteiger charge is -2.02. The normalized spacial score (nSPS) is 8.25. The van der Waals surface area contributed by atoms with Gasteiger partial charge >= 0.3 is 0 Å². The highest BCUT2D eigenvalue weighted by molar-refractivity contribution is 9.11. The van der Waals surface area contributed by atoms with Crippen LogP contribution in [0.3, 0.4) is 0 Å². The van der Waals surface area contributed by atoms with E-state index in [2.05, 4.69) is 31.9 Å². The van der Waals surface area contributed by atoms with Gasteiger partial charge in [0.05, 0.1) is 0 Å². The van der Waals surface area contributed by atoms with Crippen LogP contribution in [0.5, 0.6) is 0 Å². The molecule has 2 N–H and O–H groups in total. The van der Waals surface area contributed by atoms with Crippen molar-refractivity contribution < 1.29 is 0 Å². The van der Waals surface area contributed by atoms with Crippen molar-refractivity contribution in [2.45, 2.75) is 6.92 Å². The molecular weight excluding hydrogens is 418 g/mol. The standard InChI is InChI=1S/C7H7Br2N.2BrH/c1-4-2-5(8)3-6(9)7(4)10;;/h2-3H,10H2,1H3;2*1H. The molecule has 1 nitrogen and oxygen atoms in total. The van der Waals surface area contributed by atoms with E-state index in [1.807, 2.05) is 19.1 Å². The van der Waals surface area contributed by atoms with Crippen LogP contribution in [-0.4, -0.2) is 0 Å². The van der Waals surface area contributed by atoms with Crippen molar-refractivity contribution in [2.75, 3.05) is 5.73 Å². The molecule has 0 aromatic heterocycles. The summed E-state index contributed by atoms with van der Waals surface area (Å²) in [6.45, 7) is 1.98. The Morgan fingerprint density at radius 1 is 1.17 bits per heavy atom. The second-order valence-electron chi connectivity index (χ2n) is 2.12. The van der Waals surface area contributed by atoms with Crippen molar-refractivity contribution in [1.29, 1.82) is 0 Å². The molecule has 1 aromatic rings. The van der Waals surface area contributed by atoms with Gasteiger partial charge in [0, 0.05) is 14.6 Å². The van der Waals surface area contributed by atoms with Crippen LogP contribution < -0.4 is 5.73 Å². The van der Waals surface area contributed by atoms with Gasteiger partial charge in [0.1, 0.15) is 0 Å². The lowest BCUT2D eigenvalue weighted by molar-refractivity contribution is 1.43. The first-order chi connectivity index (χ1) is 4.61. The second-order valence-corrected chi connectivity index (χ2v) is 3.89. The highest BCUT2D eigenvalue weighted by Gasteiger charge is 1.99. The fourth-order valence-electron chi connectivity index (χ4n) is 0.713. The molecule has 0 radical (unpaired) electrons. The Morgan fingerprint density at radius 3 is 2.08 bits per heavy atom. The monoisotopic (exact) mass is 423 g/mol. The molecule has 0 saturated heterocycles. The zero-order valence-corrected chi connectivity index (χ0v) is 12.9. The molecule has 0 aliphatic carbocycles. The third-order valence-electron chi connectivity index (χ3n) is 1.30. The van der Waals surface area contributed by atoms with Crippen molar-refractivity contribution in [3.8, 4) is 0 Å². The minimum atomic E-state index is 0. The predicted octanol–water partition coefficient (Wildman–Crippen LogP) is 4.26. The van der Waals surface area contributed by atoms with E-state index >= 15 is 0 Å². The number of anilines is 1. The zero-order chi connectivity index (χ0) is 7.72. The first-order valence-corrected chi connectivity index (χ1v) is 4.41. The van der Waals surface area contributed by atoms with Gasteiger partial charge in [0.2, 0.25) is 0 Å². The molecule has 0 amide bonds. The summed E-state index contributed by atoms with van der Waals surface area (Å²) < 4.78 is 1.99. The van der Waals surface area contributed by atoms with Crippen LogP contribution in [-0.2, 0) is 0 Å². The fourth-order valence-corrected chi connectivity index (χ4v) is 2.15. The van der Waals surface area contributed by atoms with E-state index in [1.54, 1.807) is 0 Å². The Balaban J connectivity index is 0. The summed E-state index contributed by atoms with van der Waals surface area (Å²) in [7, 11) is 0. The first kappa shape index (κ1) is 15.4. The number of rotatable bonds is 0. The maximum atomic E-state index is 5.68. The van der Waals surface area contributed by atoms with Gasteiger partial charge in [-0.15, -0.1) is 34.0 Å². The molecule has 70 valence electrons. The molecule has 0 saturated carbocycles. The van der Waals surface area contributed by atoms with E-state index in [4.69, 9.17) is 5.73 Å². The number of nitrogens with two attached hydrogens (primary N) is 1. The third kappa shape index (κ3) is 3.77. The van der Waals surface area contributed by atoms with Gasteiger partial charge in [0.15, 0.2) is 0 Å². The van der Waals surface area contributed by atoms with Crippen LogP contribution in [0.25, 0.3) is 0 Å². The van der Waals surface area contributed by atoms with Crippen LogP contribution in [0.4, 0.5) is 5.69 Å². The summed E-state index contributed by atoms with van der Waals surface area (Å²) in [6, 6.07) is 3.92. The number of hydrogen-bond donors (Lipinski definition) is 1. The second kappa shape index (κ2) is 6.40. The molecular formula is C7H9Br4N. The van der Waals surface area contributed by atoms with Gasteiger partial charge in [0.25, 0.3) is 0 Å². The van der Waals surface area contributed by atoms with E-state index in [9.17, 15) is 0 Å². The summed E-state index contributed by atoms with van der Waals surface area (Å²) in [5.41, 5.74) is 7.58. The number of hydrogen-bond acceptors (Lipinski definition) is 1. The summed E-state index contributed by atoms with van der Waals surface area (Å²) in [5, 5.41) is 0. The molecule has 0 bridgehead atoms. The van der Waals surface area contributed by atoms with E-state index in [0.29, 0.717) is 0 Å². The van der Waals surface area contributed by atoms with Crippen molar-refractivity contribution in [3.05, 3.63) is 26.6 Å². The SMILES string of the molecule is Br.Br.Cc1cc(Br)cc(Br)c1N. The van der Waals surface area contributed by atoms with Crippen molar-refractivity contribution in [1.82, 2.24) is 0 Å². The Morgan fingerprint density at radius 2 is 1.67 bits per heavy atom. The summed E-state index contributed by atoms with van der Waals surface area (Å²) in [6.07, 6.45) is 0. The molecule has 5 heteroatoms. The Bertz CT molecular complexity index is 239. The highest BCUT2D eigenvalue weighted by atomic mass is 79.9. The topological polar surface area (TPSA) is 26.0 Å². The van der Waals surface area contributed by atoms with Crippen molar-refractivity contribution in [3.63, 3.8) is 0 Å². The third-order valence-corrected chi connectivity index (χ3v) is 2.42. The molecule has 0 aliphatic heterocycles. The largest absolute Gasteiger partial charge is 0.398 e. The zero-order valence-electron chi connectivity index (χ0n) is 6.30. The lowest BCUT2D eigenvalue weighted by Crippen LogP contribution is -1.90. The highest BCUT2D eigenvalue weighted by Crippen LogP contribution is 2.27. The average Bonchev–Trinajstić information content (AvgIpc) is 1.82. The molecule has 1 aromatic carbocycles. The molecule has 0 atom stereocenters. The van der Waals surface area contributed by atoms with Crippen LogP contribution in [0.15, 0.2) is 21.1 Å². The smallest absolute Gasteiger partial charge is 0.0488 e. The molecule has 0 aliphatic rings. The van der Waals surface area contributed by atoms with Crippen LogP contribution >= 0.6 is 65.8 Å². The number of benzene rings is 1. The van der Waals surface area contributed by atoms with Crippen LogP contribution in [0.1, 0.15) is 5.56 Å². The molecule has 0 unspecified atom stereocenters. The average molecular weight is 427 g/mol.